The average Bonchev–Trinajstić information content (AvgIpc) is 2.66. The molecular weight excluding hydrogens is 300 g/mol. The van der Waals surface area contributed by atoms with Crippen molar-refractivity contribution in [3.05, 3.63) is 96.6 Å². The average molecular weight is 318 g/mol. The molecule has 0 amide bonds. The van der Waals surface area contributed by atoms with Crippen LogP contribution in [-0.4, -0.2) is 0 Å². The third kappa shape index (κ3) is 2.30. The fraction of sp³-hybridized carbons (Fsp3) is 0.0400. The number of fused-ring (bicyclic) bond motifs is 3. The molecular formula is C25H18. The van der Waals surface area contributed by atoms with Gasteiger partial charge in [-0.3, -0.25) is 0 Å². The van der Waals surface area contributed by atoms with Crippen molar-refractivity contribution in [3.63, 3.8) is 0 Å². The smallest absolute Gasteiger partial charge is 0.00759 e. The van der Waals surface area contributed by atoms with Gasteiger partial charge in [0.15, 0.2) is 0 Å². The Morgan fingerprint density at radius 2 is 1.08 bits per heavy atom. The van der Waals surface area contributed by atoms with Crippen LogP contribution in [0.2, 0.25) is 0 Å². The van der Waals surface area contributed by atoms with Crippen LogP contribution in [0.5, 0.6) is 0 Å². The highest BCUT2D eigenvalue weighted by Gasteiger charge is 2.08. The summed E-state index contributed by atoms with van der Waals surface area (Å²) in [6.45, 7) is 2.20. The first-order valence-corrected chi connectivity index (χ1v) is 8.71. The van der Waals surface area contributed by atoms with Gasteiger partial charge in [0.2, 0.25) is 0 Å². The fourth-order valence-corrected chi connectivity index (χ4v) is 3.86. The maximum atomic E-state index is 2.33. The lowest BCUT2D eigenvalue weighted by Gasteiger charge is -2.12. The van der Waals surface area contributed by atoms with E-state index in [9.17, 15) is 0 Å². The van der Waals surface area contributed by atoms with E-state index >= 15 is 0 Å². The van der Waals surface area contributed by atoms with Gasteiger partial charge < -0.3 is 0 Å². The van der Waals surface area contributed by atoms with Gasteiger partial charge in [-0.1, -0.05) is 72.8 Å². The lowest BCUT2D eigenvalue weighted by atomic mass is 9.92. The standard InChI is InChI=1S/C25H18/c1-17-10-11-18-6-4-5-9-24(18)25(17)22-13-12-21-14-19-7-2-3-8-20(19)15-23(21)16-22/h2-16H,1H3. The Hall–Kier alpha value is -3.12. The second-order valence-electron chi connectivity index (χ2n) is 6.74. The number of aryl methyl sites for hydroxylation is 1. The molecule has 5 aromatic carbocycles. The molecule has 0 saturated carbocycles. The zero-order valence-electron chi connectivity index (χ0n) is 14.2. The largest absolute Gasteiger partial charge is 0.0616 e. The minimum absolute atomic E-state index is 1.29. The van der Waals surface area contributed by atoms with Gasteiger partial charge in [-0.05, 0) is 74.1 Å². The van der Waals surface area contributed by atoms with Crippen LogP contribution in [0.15, 0.2) is 91.0 Å². The molecule has 118 valence electrons. The highest BCUT2D eigenvalue weighted by Crippen LogP contribution is 2.34. The van der Waals surface area contributed by atoms with Crippen molar-refractivity contribution in [2.24, 2.45) is 0 Å². The topological polar surface area (TPSA) is 0 Å². The summed E-state index contributed by atoms with van der Waals surface area (Å²) in [5.74, 6) is 0. The monoisotopic (exact) mass is 318 g/mol. The summed E-state index contributed by atoms with van der Waals surface area (Å²) >= 11 is 0. The summed E-state index contributed by atoms with van der Waals surface area (Å²) in [4.78, 5) is 0. The Bertz CT molecular complexity index is 1250. The van der Waals surface area contributed by atoms with Crippen LogP contribution in [0.1, 0.15) is 5.56 Å². The van der Waals surface area contributed by atoms with E-state index in [0.717, 1.165) is 0 Å². The van der Waals surface area contributed by atoms with Gasteiger partial charge in [-0.2, -0.15) is 0 Å². The Balaban J connectivity index is 1.81. The number of rotatable bonds is 1. The molecule has 0 N–H and O–H groups in total. The highest BCUT2D eigenvalue weighted by atomic mass is 14.1. The number of hydrogen-bond donors (Lipinski definition) is 0. The molecule has 0 spiro atoms. The van der Waals surface area contributed by atoms with Crippen LogP contribution in [0.25, 0.3) is 43.4 Å². The van der Waals surface area contributed by atoms with E-state index < -0.39 is 0 Å². The first-order valence-electron chi connectivity index (χ1n) is 8.71. The molecule has 25 heavy (non-hydrogen) atoms. The Morgan fingerprint density at radius 3 is 1.88 bits per heavy atom. The van der Waals surface area contributed by atoms with Crippen molar-refractivity contribution >= 4 is 32.3 Å². The minimum Gasteiger partial charge on any atom is -0.0616 e. The second-order valence-corrected chi connectivity index (χ2v) is 6.74. The van der Waals surface area contributed by atoms with Gasteiger partial charge in [0.1, 0.15) is 0 Å². The zero-order chi connectivity index (χ0) is 16.8. The van der Waals surface area contributed by atoms with Crippen molar-refractivity contribution in [2.45, 2.75) is 6.92 Å². The van der Waals surface area contributed by atoms with Crippen molar-refractivity contribution < 1.29 is 0 Å². The van der Waals surface area contributed by atoms with E-state index in [1.54, 1.807) is 0 Å². The van der Waals surface area contributed by atoms with E-state index in [0.29, 0.717) is 0 Å². The van der Waals surface area contributed by atoms with E-state index in [-0.39, 0.29) is 0 Å². The summed E-state index contributed by atoms with van der Waals surface area (Å²) in [7, 11) is 0. The molecule has 5 rings (SSSR count). The van der Waals surface area contributed by atoms with Crippen LogP contribution in [-0.2, 0) is 0 Å². The molecule has 0 nitrogen and oxygen atoms in total. The summed E-state index contributed by atoms with van der Waals surface area (Å²) in [6, 6.07) is 33.1. The molecule has 0 heteroatoms. The molecule has 0 aliphatic rings. The lowest BCUT2D eigenvalue weighted by Crippen LogP contribution is -1.87. The van der Waals surface area contributed by atoms with Gasteiger partial charge in [0, 0.05) is 0 Å². The molecule has 5 aromatic rings. The van der Waals surface area contributed by atoms with Crippen molar-refractivity contribution in [1.82, 2.24) is 0 Å². The van der Waals surface area contributed by atoms with E-state index in [2.05, 4.69) is 97.9 Å². The van der Waals surface area contributed by atoms with Crippen LogP contribution in [0.4, 0.5) is 0 Å². The third-order valence-electron chi connectivity index (χ3n) is 5.13. The van der Waals surface area contributed by atoms with Gasteiger partial charge in [-0.15, -0.1) is 0 Å². The quantitative estimate of drug-likeness (QED) is 0.289. The Morgan fingerprint density at radius 1 is 0.480 bits per heavy atom. The van der Waals surface area contributed by atoms with Crippen LogP contribution in [0, 0.1) is 6.92 Å². The van der Waals surface area contributed by atoms with E-state index in [4.69, 9.17) is 0 Å². The normalized spacial score (nSPS) is 11.4. The van der Waals surface area contributed by atoms with E-state index in [1.165, 1.54) is 49.0 Å². The molecule has 0 aromatic heterocycles. The highest BCUT2D eigenvalue weighted by molar-refractivity contribution is 6.03. The molecule has 0 saturated heterocycles. The Kier molecular flexibility index (Phi) is 3.11. The van der Waals surface area contributed by atoms with Gasteiger partial charge in [0.25, 0.3) is 0 Å². The molecule has 0 atom stereocenters. The van der Waals surface area contributed by atoms with Gasteiger partial charge in [0.05, 0.1) is 0 Å². The molecule has 0 radical (unpaired) electrons. The SMILES string of the molecule is Cc1ccc2ccccc2c1-c1ccc2cc3ccccc3cc2c1. The molecule has 0 fully saturated rings. The summed E-state index contributed by atoms with van der Waals surface area (Å²) < 4.78 is 0. The summed E-state index contributed by atoms with van der Waals surface area (Å²) in [6.07, 6.45) is 0. The molecule has 0 aliphatic heterocycles. The van der Waals surface area contributed by atoms with Crippen molar-refractivity contribution in [3.8, 4) is 11.1 Å². The number of hydrogen-bond acceptors (Lipinski definition) is 0. The van der Waals surface area contributed by atoms with E-state index in [1.807, 2.05) is 0 Å². The Labute approximate surface area is 147 Å². The van der Waals surface area contributed by atoms with Crippen LogP contribution < -0.4 is 0 Å². The number of benzene rings is 5. The summed E-state index contributed by atoms with van der Waals surface area (Å²) in [5.41, 5.74) is 3.95. The minimum atomic E-state index is 1.29. The van der Waals surface area contributed by atoms with Crippen molar-refractivity contribution in [1.29, 1.82) is 0 Å². The van der Waals surface area contributed by atoms with Crippen molar-refractivity contribution in [2.75, 3.05) is 0 Å². The molecule has 0 heterocycles. The first-order chi connectivity index (χ1) is 12.3. The molecule has 0 bridgehead atoms. The zero-order valence-corrected chi connectivity index (χ0v) is 14.2. The first kappa shape index (κ1) is 14.2. The van der Waals surface area contributed by atoms with Crippen LogP contribution >= 0.6 is 0 Å². The predicted molar refractivity (Wildman–Crippen MR) is 109 cm³/mol. The maximum Gasteiger partial charge on any atom is -0.00759 e. The second kappa shape index (κ2) is 5.46. The third-order valence-corrected chi connectivity index (χ3v) is 5.13. The summed E-state index contributed by atoms with van der Waals surface area (Å²) in [5, 5.41) is 7.79. The molecule has 0 aliphatic carbocycles. The van der Waals surface area contributed by atoms with Crippen LogP contribution in [0.3, 0.4) is 0 Å². The fourth-order valence-electron chi connectivity index (χ4n) is 3.86. The predicted octanol–water partition coefficient (Wildman–Crippen LogP) is 7.12. The molecule has 0 unspecified atom stereocenters. The van der Waals surface area contributed by atoms with Gasteiger partial charge >= 0.3 is 0 Å². The maximum absolute atomic E-state index is 2.33. The lowest BCUT2D eigenvalue weighted by molar-refractivity contribution is 1.49. The van der Waals surface area contributed by atoms with Gasteiger partial charge in [-0.25, -0.2) is 0 Å².